The van der Waals surface area contributed by atoms with Crippen molar-refractivity contribution < 1.29 is 22.4 Å². The van der Waals surface area contributed by atoms with E-state index in [1.54, 1.807) is 24.3 Å². The number of alkyl halides is 3. The van der Waals surface area contributed by atoms with Gasteiger partial charge in [0.2, 0.25) is 5.89 Å². The normalized spacial score (nSPS) is 11.4. The maximum absolute atomic E-state index is 12.7. The van der Waals surface area contributed by atoms with Crippen molar-refractivity contribution in [1.29, 1.82) is 0 Å². The van der Waals surface area contributed by atoms with E-state index in [2.05, 4.69) is 15.5 Å². The van der Waals surface area contributed by atoms with E-state index in [1.807, 2.05) is 0 Å². The van der Waals surface area contributed by atoms with Crippen LogP contribution in [0, 0.1) is 0 Å². The van der Waals surface area contributed by atoms with Crippen molar-refractivity contribution in [3.05, 3.63) is 65.0 Å². The first-order chi connectivity index (χ1) is 11.8. The summed E-state index contributed by atoms with van der Waals surface area (Å²) in [7, 11) is 0. The molecule has 3 aromatic rings. The number of nitrogens with one attached hydrogen (secondary N) is 1. The Balaban J connectivity index is 1.77. The number of hydrogen-bond acceptors (Lipinski definition) is 4. The average Bonchev–Trinajstić information content (AvgIpc) is 3.05. The van der Waals surface area contributed by atoms with Crippen molar-refractivity contribution in [2.45, 2.75) is 6.18 Å². The van der Waals surface area contributed by atoms with Crippen LogP contribution in [0.2, 0.25) is 5.02 Å². The molecule has 1 heterocycles. The lowest BCUT2D eigenvalue weighted by molar-refractivity contribution is -0.137. The summed E-state index contributed by atoms with van der Waals surface area (Å²) in [6.07, 6.45) is -4.51. The first-order valence-corrected chi connectivity index (χ1v) is 7.29. The van der Waals surface area contributed by atoms with Gasteiger partial charge in [0.15, 0.2) is 0 Å². The number of benzene rings is 2. The highest BCUT2D eigenvalue weighted by atomic mass is 35.5. The SMILES string of the molecule is O=C(Nc1cccc(C(F)(F)F)c1)c1nnc(-c2ccc(Cl)cc2)o1. The fourth-order valence-corrected chi connectivity index (χ4v) is 2.11. The maximum Gasteiger partial charge on any atom is 0.416 e. The number of hydrogen-bond donors (Lipinski definition) is 1. The summed E-state index contributed by atoms with van der Waals surface area (Å²) in [5.41, 5.74) is -0.362. The van der Waals surface area contributed by atoms with Crippen LogP contribution < -0.4 is 5.32 Å². The Bertz CT molecular complexity index is 907. The molecule has 1 amide bonds. The van der Waals surface area contributed by atoms with Crippen LogP contribution in [0.4, 0.5) is 18.9 Å². The molecular formula is C16H9ClF3N3O2. The molecular weight excluding hydrogens is 359 g/mol. The number of anilines is 1. The first kappa shape index (κ1) is 17.0. The van der Waals surface area contributed by atoms with E-state index in [-0.39, 0.29) is 17.5 Å². The molecule has 0 fully saturated rings. The van der Waals surface area contributed by atoms with Gasteiger partial charge in [-0.3, -0.25) is 4.79 Å². The molecule has 3 rings (SSSR count). The molecule has 0 saturated carbocycles. The van der Waals surface area contributed by atoms with E-state index in [4.69, 9.17) is 16.0 Å². The molecule has 9 heteroatoms. The maximum atomic E-state index is 12.7. The monoisotopic (exact) mass is 367 g/mol. The van der Waals surface area contributed by atoms with Gasteiger partial charge in [-0.05, 0) is 42.5 Å². The highest BCUT2D eigenvalue weighted by molar-refractivity contribution is 6.30. The van der Waals surface area contributed by atoms with Crippen molar-refractivity contribution in [1.82, 2.24) is 10.2 Å². The molecule has 0 radical (unpaired) electrons. The molecule has 0 atom stereocenters. The molecule has 2 aromatic carbocycles. The highest BCUT2D eigenvalue weighted by Crippen LogP contribution is 2.30. The van der Waals surface area contributed by atoms with Crippen LogP contribution in [0.15, 0.2) is 52.9 Å². The van der Waals surface area contributed by atoms with Gasteiger partial charge in [-0.25, -0.2) is 0 Å². The van der Waals surface area contributed by atoms with Gasteiger partial charge in [0.05, 0.1) is 5.56 Å². The zero-order valence-electron chi connectivity index (χ0n) is 12.3. The second-order valence-electron chi connectivity index (χ2n) is 4.95. The van der Waals surface area contributed by atoms with E-state index in [0.717, 1.165) is 12.1 Å². The van der Waals surface area contributed by atoms with Crippen LogP contribution in [-0.4, -0.2) is 16.1 Å². The zero-order valence-corrected chi connectivity index (χ0v) is 13.1. The minimum absolute atomic E-state index is 0.0360. The van der Waals surface area contributed by atoms with Gasteiger partial charge in [0.25, 0.3) is 0 Å². The van der Waals surface area contributed by atoms with E-state index in [9.17, 15) is 18.0 Å². The molecule has 0 saturated heterocycles. The Morgan fingerprint density at radius 2 is 1.80 bits per heavy atom. The van der Waals surface area contributed by atoms with E-state index < -0.39 is 17.6 Å². The summed E-state index contributed by atoms with van der Waals surface area (Å²) < 4.78 is 43.3. The molecule has 0 aliphatic rings. The van der Waals surface area contributed by atoms with Crippen molar-refractivity contribution in [2.24, 2.45) is 0 Å². The van der Waals surface area contributed by atoms with Gasteiger partial charge in [-0.1, -0.05) is 17.7 Å². The molecule has 5 nitrogen and oxygen atoms in total. The summed E-state index contributed by atoms with van der Waals surface area (Å²) >= 11 is 5.78. The Kier molecular flexibility index (Phi) is 4.45. The topological polar surface area (TPSA) is 68.0 Å². The molecule has 25 heavy (non-hydrogen) atoms. The Morgan fingerprint density at radius 1 is 1.08 bits per heavy atom. The van der Waals surface area contributed by atoms with E-state index in [1.165, 1.54) is 12.1 Å². The number of carbonyl (C=O) groups is 1. The summed E-state index contributed by atoms with van der Waals surface area (Å²) in [4.78, 5) is 12.1. The smallest absolute Gasteiger partial charge is 0.412 e. The quantitative estimate of drug-likeness (QED) is 0.731. The number of nitrogens with zero attached hydrogens (tertiary/aromatic N) is 2. The standard InChI is InChI=1S/C16H9ClF3N3O2/c17-11-6-4-9(5-7-11)14-22-23-15(25-14)13(24)21-12-3-1-2-10(8-12)16(18,19)20/h1-8H,(H,21,24). The fraction of sp³-hybridized carbons (Fsp3) is 0.0625. The van der Waals surface area contributed by atoms with Gasteiger partial charge >= 0.3 is 18.0 Å². The number of amides is 1. The third-order valence-corrected chi connectivity index (χ3v) is 3.41. The molecule has 0 bridgehead atoms. The van der Waals surface area contributed by atoms with Crippen LogP contribution >= 0.6 is 11.6 Å². The lowest BCUT2D eigenvalue weighted by Gasteiger charge is -2.08. The van der Waals surface area contributed by atoms with Crippen molar-refractivity contribution in [3.8, 4) is 11.5 Å². The second kappa shape index (κ2) is 6.56. The minimum atomic E-state index is -4.51. The van der Waals surface area contributed by atoms with E-state index >= 15 is 0 Å². The predicted molar refractivity (Wildman–Crippen MR) is 84.1 cm³/mol. The second-order valence-corrected chi connectivity index (χ2v) is 5.39. The largest absolute Gasteiger partial charge is 0.416 e. The van der Waals surface area contributed by atoms with Gasteiger partial charge in [0.1, 0.15) is 0 Å². The Labute approximate surface area is 144 Å². The number of rotatable bonds is 3. The third kappa shape index (κ3) is 3.97. The van der Waals surface area contributed by atoms with Crippen LogP contribution in [0.1, 0.15) is 16.2 Å². The molecule has 0 spiro atoms. The fourth-order valence-electron chi connectivity index (χ4n) is 1.98. The van der Waals surface area contributed by atoms with Gasteiger partial charge in [-0.15, -0.1) is 10.2 Å². The minimum Gasteiger partial charge on any atom is -0.412 e. The molecule has 0 aliphatic heterocycles. The zero-order chi connectivity index (χ0) is 18.0. The Morgan fingerprint density at radius 3 is 2.48 bits per heavy atom. The van der Waals surface area contributed by atoms with Crippen LogP contribution in [0.25, 0.3) is 11.5 Å². The Hall–Kier alpha value is -2.87. The first-order valence-electron chi connectivity index (χ1n) is 6.91. The highest BCUT2D eigenvalue weighted by Gasteiger charge is 2.30. The number of halogens is 4. The molecule has 0 unspecified atom stereocenters. The number of aromatic nitrogens is 2. The summed E-state index contributed by atoms with van der Waals surface area (Å²) in [5, 5.41) is 10.1. The summed E-state index contributed by atoms with van der Waals surface area (Å²) in [6.45, 7) is 0. The molecule has 1 aromatic heterocycles. The van der Waals surface area contributed by atoms with Gasteiger partial charge < -0.3 is 9.73 Å². The van der Waals surface area contributed by atoms with Crippen LogP contribution in [0.3, 0.4) is 0 Å². The molecule has 1 N–H and O–H groups in total. The van der Waals surface area contributed by atoms with Gasteiger partial charge in [0, 0.05) is 16.3 Å². The molecule has 128 valence electrons. The predicted octanol–water partition coefficient (Wildman–Crippen LogP) is 4.66. The lowest BCUT2D eigenvalue weighted by atomic mass is 10.2. The van der Waals surface area contributed by atoms with Crippen molar-refractivity contribution in [3.63, 3.8) is 0 Å². The van der Waals surface area contributed by atoms with Crippen molar-refractivity contribution in [2.75, 3.05) is 5.32 Å². The van der Waals surface area contributed by atoms with Crippen LogP contribution in [0.5, 0.6) is 0 Å². The van der Waals surface area contributed by atoms with Crippen LogP contribution in [-0.2, 0) is 6.18 Å². The lowest BCUT2D eigenvalue weighted by Crippen LogP contribution is -2.13. The van der Waals surface area contributed by atoms with E-state index in [0.29, 0.717) is 10.6 Å². The average molecular weight is 368 g/mol. The summed E-state index contributed by atoms with van der Waals surface area (Å²) in [5.74, 6) is -1.10. The van der Waals surface area contributed by atoms with Gasteiger partial charge in [-0.2, -0.15) is 13.2 Å². The summed E-state index contributed by atoms with van der Waals surface area (Å²) in [6, 6.07) is 10.7. The third-order valence-electron chi connectivity index (χ3n) is 3.16. The number of carbonyl (C=O) groups excluding carboxylic acids is 1. The van der Waals surface area contributed by atoms with Crippen molar-refractivity contribution >= 4 is 23.2 Å². The molecule has 0 aliphatic carbocycles.